The van der Waals surface area contributed by atoms with Crippen molar-refractivity contribution in [3.05, 3.63) is 24.5 Å². The van der Waals surface area contributed by atoms with E-state index in [1.807, 2.05) is 0 Å². The van der Waals surface area contributed by atoms with Gasteiger partial charge < -0.3 is 9.84 Å². The fourth-order valence-electron chi connectivity index (χ4n) is 0.625. The third-order valence-corrected chi connectivity index (χ3v) is 0.960. The number of hydrogen-bond donors (Lipinski definition) is 1. The molecule has 0 aromatic heterocycles. The first kappa shape index (κ1) is 9.75. The summed E-state index contributed by atoms with van der Waals surface area (Å²) in [5, 5.41) is 8.35. The number of rotatable bonds is 5. The summed E-state index contributed by atoms with van der Waals surface area (Å²) < 4.78 is 5.00. The van der Waals surface area contributed by atoms with Crippen LogP contribution >= 0.6 is 0 Å². The maximum atomic E-state index is 10.2. The number of carbonyl (C=O) groups is 1. The Bertz CT molecular complexity index is 170. The first-order chi connectivity index (χ1) is 5.20. The van der Waals surface area contributed by atoms with Crippen molar-refractivity contribution in [2.45, 2.75) is 13.3 Å². The number of carboxylic acid groups (broad SMARTS) is 1. The van der Waals surface area contributed by atoms with Gasteiger partial charge in [-0.2, -0.15) is 0 Å². The van der Waals surface area contributed by atoms with E-state index >= 15 is 0 Å². The van der Waals surface area contributed by atoms with Gasteiger partial charge in [0.1, 0.15) is 5.76 Å². The van der Waals surface area contributed by atoms with E-state index in [2.05, 4.69) is 6.58 Å². The van der Waals surface area contributed by atoms with Gasteiger partial charge in [0.2, 0.25) is 0 Å². The molecule has 0 unspecified atom stereocenters. The number of allylic oxidation sites excluding steroid dienone is 1. The van der Waals surface area contributed by atoms with E-state index in [0.717, 1.165) is 6.08 Å². The first-order valence-corrected chi connectivity index (χ1v) is 3.38. The monoisotopic (exact) mass is 156 g/mol. The Morgan fingerprint density at radius 2 is 2.36 bits per heavy atom. The van der Waals surface area contributed by atoms with Crippen LogP contribution in [0.3, 0.4) is 0 Å². The molecule has 0 aromatic rings. The molecule has 0 aromatic carbocycles. The van der Waals surface area contributed by atoms with Crippen LogP contribution in [0.5, 0.6) is 0 Å². The Labute approximate surface area is 66.0 Å². The summed E-state index contributed by atoms with van der Waals surface area (Å²) in [4.78, 5) is 10.2. The zero-order chi connectivity index (χ0) is 8.69. The van der Waals surface area contributed by atoms with Gasteiger partial charge in [0.15, 0.2) is 0 Å². The van der Waals surface area contributed by atoms with Crippen molar-refractivity contribution in [1.29, 1.82) is 0 Å². The molecule has 0 aliphatic heterocycles. The van der Waals surface area contributed by atoms with Gasteiger partial charge in [-0.3, -0.25) is 0 Å². The van der Waals surface area contributed by atoms with E-state index in [9.17, 15) is 4.79 Å². The highest BCUT2D eigenvalue weighted by molar-refractivity contribution is 5.80. The fraction of sp³-hybridized carbons (Fsp3) is 0.375. The van der Waals surface area contributed by atoms with Crippen LogP contribution in [0.4, 0.5) is 0 Å². The van der Waals surface area contributed by atoms with E-state index in [4.69, 9.17) is 9.84 Å². The molecule has 0 fully saturated rings. The largest absolute Gasteiger partial charge is 0.498 e. The predicted molar refractivity (Wildman–Crippen MR) is 42.2 cm³/mol. The van der Waals surface area contributed by atoms with Crippen LogP contribution in [0, 0.1) is 0 Å². The van der Waals surface area contributed by atoms with Crippen molar-refractivity contribution in [1.82, 2.24) is 0 Å². The summed E-state index contributed by atoms with van der Waals surface area (Å²) in [5.74, 6) is -0.551. The second-order valence-electron chi connectivity index (χ2n) is 1.87. The minimum absolute atomic E-state index is 0.440. The van der Waals surface area contributed by atoms with Crippen molar-refractivity contribution in [3.8, 4) is 0 Å². The number of aliphatic carboxylic acids is 1. The molecule has 0 radical (unpaired) electrons. The molecule has 0 saturated heterocycles. The van der Waals surface area contributed by atoms with E-state index in [-0.39, 0.29) is 0 Å². The normalized spacial score (nSPS) is 10.8. The van der Waals surface area contributed by atoms with Crippen LogP contribution in [0.15, 0.2) is 24.5 Å². The Hall–Kier alpha value is -1.25. The zero-order valence-corrected chi connectivity index (χ0v) is 6.54. The van der Waals surface area contributed by atoms with Gasteiger partial charge in [-0.1, -0.05) is 6.08 Å². The van der Waals surface area contributed by atoms with Gasteiger partial charge >= 0.3 is 5.97 Å². The maximum Gasteiger partial charge on any atom is 0.331 e. The number of carboxylic acids is 1. The zero-order valence-electron chi connectivity index (χ0n) is 6.54. The summed E-state index contributed by atoms with van der Waals surface area (Å²) in [5.41, 5.74) is 0. The van der Waals surface area contributed by atoms with Gasteiger partial charge in [-0.15, -0.1) is 6.58 Å². The summed E-state index contributed by atoms with van der Waals surface area (Å²) in [6, 6.07) is 0. The molecule has 3 nitrogen and oxygen atoms in total. The van der Waals surface area contributed by atoms with Crippen LogP contribution in [0.1, 0.15) is 13.3 Å². The molecule has 62 valence electrons. The molecule has 0 bridgehead atoms. The molecule has 0 amide bonds. The molecule has 0 saturated carbocycles. The third kappa shape index (κ3) is 5.21. The molecular formula is C8H12O3. The summed E-state index contributed by atoms with van der Waals surface area (Å²) in [7, 11) is 0. The van der Waals surface area contributed by atoms with Gasteiger partial charge in [0, 0.05) is 6.42 Å². The lowest BCUT2D eigenvalue weighted by Gasteiger charge is -2.03. The quantitative estimate of drug-likeness (QED) is 0.373. The summed E-state index contributed by atoms with van der Waals surface area (Å²) in [6.45, 7) is 5.76. The van der Waals surface area contributed by atoms with Crippen LogP contribution in [-0.4, -0.2) is 17.7 Å². The highest BCUT2D eigenvalue weighted by atomic mass is 16.5. The Kier molecular flexibility index (Phi) is 4.90. The highest BCUT2D eigenvalue weighted by Gasteiger charge is 1.97. The molecule has 0 rings (SSSR count). The maximum absolute atomic E-state index is 10.2. The molecule has 0 spiro atoms. The lowest BCUT2D eigenvalue weighted by molar-refractivity contribution is -0.131. The van der Waals surface area contributed by atoms with Crippen molar-refractivity contribution < 1.29 is 14.6 Å². The standard InChI is InChI=1S/C8H12O3/c1-3-5-7(11-4-2)6-8(9)10/h3,6H,1,4-5H2,2H3,(H,9,10)/b7-6-. The van der Waals surface area contributed by atoms with Crippen LogP contribution in [0.2, 0.25) is 0 Å². The first-order valence-electron chi connectivity index (χ1n) is 3.38. The van der Waals surface area contributed by atoms with Gasteiger partial charge in [0.25, 0.3) is 0 Å². The average Bonchev–Trinajstić information content (AvgIpc) is 1.87. The van der Waals surface area contributed by atoms with Crippen LogP contribution < -0.4 is 0 Å². The van der Waals surface area contributed by atoms with Crippen molar-refractivity contribution in [2.75, 3.05) is 6.61 Å². The highest BCUT2D eigenvalue weighted by Crippen LogP contribution is 2.03. The van der Waals surface area contributed by atoms with E-state index in [1.54, 1.807) is 13.0 Å². The van der Waals surface area contributed by atoms with Crippen molar-refractivity contribution in [2.24, 2.45) is 0 Å². The predicted octanol–water partition coefficient (Wildman–Crippen LogP) is 1.57. The average molecular weight is 156 g/mol. The van der Waals surface area contributed by atoms with Crippen molar-refractivity contribution >= 4 is 5.97 Å². The van der Waals surface area contributed by atoms with E-state index in [1.165, 1.54) is 0 Å². The molecule has 3 heteroatoms. The minimum atomic E-state index is -0.990. The van der Waals surface area contributed by atoms with E-state index in [0.29, 0.717) is 18.8 Å². The second kappa shape index (κ2) is 5.53. The smallest absolute Gasteiger partial charge is 0.331 e. The minimum Gasteiger partial charge on any atom is -0.498 e. The molecule has 1 N–H and O–H groups in total. The van der Waals surface area contributed by atoms with Crippen LogP contribution in [-0.2, 0) is 9.53 Å². The summed E-state index contributed by atoms with van der Waals surface area (Å²) >= 11 is 0. The Balaban J connectivity index is 4.06. The topological polar surface area (TPSA) is 46.5 Å². The molecule has 0 aliphatic carbocycles. The SMILES string of the molecule is C=CC/C(=C/C(=O)O)OCC. The molecule has 0 aliphatic rings. The Morgan fingerprint density at radius 1 is 1.73 bits per heavy atom. The van der Waals surface area contributed by atoms with Crippen LogP contribution in [0.25, 0.3) is 0 Å². The Morgan fingerprint density at radius 3 is 2.73 bits per heavy atom. The van der Waals surface area contributed by atoms with Crippen molar-refractivity contribution in [3.63, 3.8) is 0 Å². The third-order valence-electron chi connectivity index (χ3n) is 0.960. The molecule has 11 heavy (non-hydrogen) atoms. The van der Waals surface area contributed by atoms with Gasteiger partial charge in [-0.25, -0.2) is 4.79 Å². The second-order valence-corrected chi connectivity index (χ2v) is 1.87. The lowest BCUT2D eigenvalue weighted by Crippen LogP contribution is -1.96. The summed E-state index contributed by atoms with van der Waals surface area (Å²) in [6.07, 6.45) is 3.11. The molecular weight excluding hydrogens is 144 g/mol. The van der Waals surface area contributed by atoms with Gasteiger partial charge in [0.05, 0.1) is 12.7 Å². The number of ether oxygens (including phenoxy) is 1. The lowest BCUT2D eigenvalue weighted by atomic mass is 10.3. The fourth-order valence-corrected chi connectivity index (χ4v) is 0.625. The number of hydrogen-bond acceptors (Lipinski definition) is 2. The van der Waals surface area contributed by atoms with E-state index < -0.39 is 5.97 Å². The molecule has 0 atom stereocenters. The molecule has 0 heterocycles. The van der Waals surface area contributed by atoms with Gasteiger partial charge in [-0.05, 0) is 6.92 Å².